The third kappa shape index (κ3) is 3.31. The molecule has 0 bridgehead atoms. The lowest BCUT2D eigenvalue weighted by molar-refractivity contribution is -0.0182. The molecule has 0 radical (unpaired) electrons. The van der Waals surface area contributed by atoms with Crippen molar-refractivity contribution in [2.75, 3.05) is 6.61 Å². The van der Waals surface area contributed by atoms with E-state index in [9.17, 15) is 17.6 Å². The van der Waals surface area contributed by atoms with Gasteiger partial charge < -0.3 is 4.74 Å². The Bertz CT molecular complexity index is 713. The van der Waals surface area contributed by atoms with Crippen LogP contribution in [-0.4, -0.2) is 6.61 Å². The summed E-state index contributed by atoms with van der Waals surface area (Å²) in [6.45, 7) is 2.77. The van der Waals surface area contributed by atoms with E-state index in [2.05, 4.69) is 6.92 Å². The van der Waals surface area contributed by atoms with Crippen LogP contribution in [0.25, 0.3) is 11.1 Å². The van der Waals surface area contributed by atoms with E-state index in [1.165, 1.54) is 12.1 Å². The van der Waals surface area contributed by atoms with Crippen LogP contribution in [0.15, 0.2) is 30.3 Å². The molecule has 0 aromatic heterocycles. The fourth-order valence-corrected chi connectivity index (χ4v) is 3.07. The highest BCUT2D eigenvalue weighted by Crippen LogP contribution is 2.34. The molecule has 0 saturated carbocycles. The summed E-state index contributed by atoms with van der Waals surface area (Å²) >= 11 is 0. The van der Waals surface area contributed by atoms with Crippen LogP contribution in [0.2, 0.25) is 0 Å². The first kappa shape index (κ1) is 17.0. The molecule has 1 aliphatic rings. The summed E-state index contributed by atoms with van der Waals surface area (Å²) in [5.41, 5.74) is 0.693. The van der Waals surface area contributed by atoms with Crippen molar-refractivity contribution in [3.05, 3.63) is 59.2 Å². The van der Waals surface area contributed by atoms with Crippen molar-refractivity contribution < 1.29 is 22.3 Å². The standard InChI is InChI=1S/C19H18F4O/c1-2-11-3-6-18(24-10-11)12-4-5-14(15(20)7-12)13-8-16(21)19(23)17(22)9-13/h4-5,7-9,11,18H,2-3,6,10H2,1H3. The van der Waals surface area contributed by atoms with Crippen molar-refractivity contribution in [1.82, 2.24) is 0 Å². The third-order valence-electron chi connectivity index (χ3n) is 4.61. The van der Waals surface area contributed by atoms with Gasteiger partial charge in [-0.15, -0.1) is 0 Å². The highest BCUT2D eigenvalue weighted by Gasteiger charge is 2.23. The highest BCUT2D eigenvalue weighted by molar-refractivity contribution is 5.64. The second kappa shape index (κ2) is 6.93. The summed E-state index contributed by atoms with van der Waals surface area (Å²) in [7, 11) is 0. The average Bonchev–Trinajstić information content (AvgIpc) is 2.59. The fraction of sp³-hybridized carbons (Fsp3) is 0.368. The van der Waals surface area contributed by atoms with Crippen LogP contribution in [0.4, 0.5) is 17.6 Å². The van der Waals surface area contributed by atoms with Gasteiger partial charge in [0.05, 0.1) is 12.7 Å². The van der Waals surface area contributed by atoms with Crippen molar-refractivity contribution in [3.8, 4) is 11.1 Å². The molecule has 5 heteroatoms. The Balaban J connectivity index is 1.85. The van der Waals surface area contributed by atoms with E-state index < -0.39 is 23.3 Å². The predicted molar refractivity (Wildman–Crippen MR) is 83.4 cm³/mol. The van der Waals surface area contributed by atoms with Crippen LogP contribution < -0.4 is 0 Å². The Kier molecular flexibility index (Phi) is 4.90. The number of halogens is 4. The number of rotatable bonds is 3. The number of benzene rings is 2. The summed E-state index contributed by atoms with van der Waals surface area (Å²) in [5, 5.41) is 0. The van der Waals surface area contributed by atoms with Gasteiger partial charge in [-0.1, -0.05) is 25.5 Å². The van der Waals surface area contributed by atoms with Crippen LogP contribution in [0, 0.1) is 29.2 Å². The molecule has 2 unspecified atom stereocenters. The fourth-order valence-electron chi connectivity index (χ4n) is 3.07. The van der Waals surface area contributed by atoms with Gasteiger partial charge in [-0.05, 0) is 48.1 Å². The van der Waals surface area contributed by atoms with Gasteiger partial charge in [0.2, 0.25) is 0 Å². The maximum absolute atomic E-state index is 14.4. The monoisotopic (exact) mass is 338 g/mol. The molecule has 1 aliphatic heterocycles. The van der Waals surface area contributed by atoms with E-state index >= 15 is 0 Å². The van der Waals surface area contributed by atoms with Crippen molar-refractivity contribution >= 4 is 0 Å². The molecule has 0 N–H and O–H groups in total. The van der Waals surface area contributed by atoms with Crippen LogP contribution in [0.3, 0.4) is 0 Å². The molecule has 128 valence electrons. The highest BCUT2D eigenvalue weighted by atomic mass is 19.2. The van der Waals surface area contributed by atoms with Gasteiger partial charge in [0, 0.05) is 5.56 Å². The zero-order valence-electron chi connectivity index (χ0n) is 13.3. The lowest BCUT2D eigenvalue weighted by Crippen LogP contribution is -2.20. The van der Waals surface area contributed by atoms with E-state index in [0.717, 1.165) is 31.4 Å². The minimum absolute atomic E-state index is 0.0267. The van der Waals surface area contributed by atoms with E-state index in [1.807, 2.05) is 0 Å². The first-order valence-electron chi connectivity index (χ1n) is 8.05. The summed E-state index contributed by atoms with van der Waals surface area (Å²) in [5.74, 6) is -4.31. The minimum Gasteiger partial charge on any atom is -0.373 e. The summed E-state index contributed by atoms with van der Waals surface area (Å²) in [6.07, 6.45) is 2.73. The van der Waals surface area contributed by atoms with Gasteiger partial charge in [-0.25, -0.2) is 17.6 Å². The lowest BCUT2D eigenvalue weighted by Gasteiger charge is -2.28. The molecule has 2 aromatic rings. The molecule has 0 spiro atoms. The molecule has 1 nitrogen and oxygen atoms in total. The number of hydrogen-bond acceptors (Lipinski definition) is 1. The molecular weight excluding hydrogens is 320 g/mol. The molecule has 1 saturated heterocycles. The summed E-state index contributed by atoms with van der Waals surface area (Å²) in [4.78, 5) is 0. The Morgan fingerprint density at radius 1 is 0.958 bits per heavy atom. The molecule has 24 heavy (non-hydrogen) atoms. The van der Waals surface area contributed by atoms with Crippen molar-refractivity contribution in [1.29, 1.82) is 0 Å². The first-order valence-corrected chi connectivity index (χ1v) is 8.05. The molecule has 0 amide bonds. The van der Waals surface area contributed by atoms with E-state index in [1.54, 1.807) is 6.07 Å². The van der Waals surface area contributed by atoms with E-state index in [4.69, 9.17) is 4.74 Å². The number of ether oxygens (including phenoxy) is 1. The maximum Gasteiger partial charge on any atom is 0.194 e. The third-order valence-corrected chi connectivity index (χ3v) is 4.61. The second-order valence-corrected chi connectivity index (χ2v) is 6.17. The summed E-state index contributed by atoms with van der Waals surface area (Å²) in [6, 6.07) is 6.05. The Hall–Kier alpha value is -1.88. The Morgan fingerprint density at radius 2 is 1.67 bits per heavy atom. The smallest absolute Gasteiger partial charge is 0.194 e. The molecule has 1 heterocycles. The van der Waals surface area contributed by atoms with Crippen LogP contribution >= 0.6 is 0 Å². The Morgan fingerprint density at radius 3 is 2.21 bits per heavy atom. The largest absolute Gasteiger partial charge is 0.373 e. The lowest BCUT2D eigenvalue weighted by atomic mass is 9.92. The minimum atomic E-state index is -1.56. The Labute approximate surface area is 138 Å². The normalized spacial score (nSPS) is 21.0. The maximum atomic E-state index is 14.4. The quantitative estimate of drug-likeness (QED) is 0.508. The molecular formula is C19H18F4O. The van der Waals surface area contributed by atoms with Gasteiger partial charge in [0.25, 0.3) is 0 Å². The summed E-state index contributed by atoms with van der Waals surface area (Å²) < 4.78 is 59.9. The van der Waals surface area contributed by atoms with E-state index in [0.29, 0.717) is 18.1 Å². The average molecular weight is 338 g/mol. The van der Waals surface area contributed by atoms with Gasteiger partial charge in [0.1, 0.15) is 5.82 Å². The van der Waals surface area contributed by atoms with Gasteiger partial charge in [-0.3, -0.25) is 0 Å². The molecule has 2 aromatic carbocycles. The van der Waals surface area contributed by atoms with Gasteiger partial charge in [0.15, 0.2) is 17.5 Å². The SMILES string of the molecule is CCC1CCC(c2ccc(-c3cc(F)c(F)c(F)c3)c(F)c2)OC1. The van der Waals surface area contributed by atoms with Crippen LogP contribution in [0.5, 0.6) is 0 Å². The predicted octanol–water partition coefficient (Wildman–Crippen LogP) is 5.79. The van der Waals surface area contributed by atoms with Crippen molar-refractivity contribution in [2.24, 2.45) is 5.92 Å². The first-order chi connectivity index (χ1) is 11.5. The second-order valence-electron chi connectivity index (χ2n) is 6.17. The van der Waals surface area contributed by atoms with Gasteiger partial charge in [-0.2, -0.15) is 0 Å². The molecule has 1 fully saturated rings. The number of hydrogen-bond donors (Lipinski definition) is 0. The van der Waals surface area contributed by atoms with Crippen molar-refractivity contribution in [3.63, 3.8) is 0 Å². The van der Waals surface area contributed by atoms with Crippen LogP contribution in [-0.2, 0) is 4.74 Å². The molecule has 2 atom stereocenters. The molecule has 3 rings (SSSR count). The molecule has 0 aliphatic carbocycles. The van der Waals surface area contributed by atoms with Crippen molar-refractivity contribution in [2.45, 2.75) is 32.3 Å². The topological polar surface area (TPSA) is 9.23 Å². The van der Waals surface area contributed by atoms with Gasteiger partial charge >= 0.3 is 0 Å². The zero-order valence-corrected chi connectivity index (χ0v) is 13.3. The van der Waals surface area contributed by atoms with Crippen LogP contribution in [0.1, 0.15) is 37.9 Å². The van der Waals surface area contributed by atoms with E-state index in [-0.39, 0.29) is 17.2 Å². The zero-order chi connectivity index (χ0) is 17.3.